The van der Waals surface area contributed by atoms with Gasteiger partial charge in [-0.05, 0) is 44.0 Å². The van der Waals surface area contributed by atoms with E-state index in [1.165, 1.54) is 10.4 Å². The van der Waals surface area contributed by atoms with Crippen LogP contribution in [0.25, 0.3) is 0 Å². The van der Waals surface area contributed by atoms with Gasteiger partial charge in [-0.15, -0.1) is 0 Å². The molecule has 1 fully saturated rings. The van der Waals surface area contributed by atoms with Crippen LogP contribution in [0.15, 0.2) is 23.1 Å². The molecule has 0 spiro atoms. The standard InChI is InChI=1S/C15H19NO5S/c1-15(2)8-11-7-12(3-4-13(11)21-15)22(19,20)16-6-5-10(9-16)14(17)18/h3-4,7,10H,5-6,8-9H2,1-2H3,(H,17,18). The third kappa shape index (κ3) is 2.59. The highest BCUT2D eigenvalue weighted by molar-refractivity contribution is 7.89. The molecule has 2 aliphatic rings. The van der Waals surface area contributed by atoms with Gasteiger partial charge in [-0.3, -0.25) is 4.79 Å². The lowest BCUT2D eigenvalue weighted by atomic mass is 10.0. The van der Waals surface area contributed by atoms with Crippen LogP contribution in [0.3, 0.4) is 0 Å². The molecule has 0 radical (unpaired) electrons. The van der Waals surface area contributed by atoms with Crippen molar-refractivity contribution in [2.24, 2.45) is 5.92 Å². The number of hydrogen-bond donors (Lipinski definition) is 1. The molecule has 7 heteroatoms. The summed E-state index contributed by atoms with van der Waals surface area (Å²) in [5.74, 6) is -0.845. The molecule has 0 bridgehead atoms. The molecule has 2 aliphatic heterocycles. The van der Waals surface area contributed by atoms with Crippen LogP contribution in [0.4, 0.5) is 0 Å². The van der Waals surface area contributed by atoms with Gasteiger partial charge in [0, 0.05) is 19.5 Å². The fourth-order valence-corrected chi connectivity index (χ4v) is 4.59. The van der Waals surface area contributed by atoms with E-state index in [1.807, 2.05) is 13.8 Å². The summed E-state index contributed by atoms with van der Waals surface area (Å²) in [5, 5.41) is 9.01. The predicted octanol–water partition coefficient (Wildman–Crippen LogP) is 1.50. The normalized spacial score (nSPS) is 24.0. The first-order chi connectivity index (χ1) is 10.2. The molecule has 1 atom stereocenters. The third-order valence-electron chi connectivity index (χ3n) is 4.17. The van der Waals surface area contributed by atoms with Gasteiger partial charge < -0.3 is 9.84 Å². The number of carboxylic acid groups (broad SMARTS) is 1. The van der Waals surface area contributed by atoms with Crippen LogP contribution >= 0.6 is 0 Å². The van der Waals surface area contributed by atoms with Crippen LogP contribution in [0.5, 0.6) is 5.75 Å². The van der Waals surface area contributed by atoms with E-state index in [4.69, 9.17) is 9.84 Å². The molecule has 0 amide bonds. The highest BCUT2D eigenvalue weighted by Gasteiger charge is 2.37. The third-order valence-corrected chi connectivity index (χ3v) is 6.03. The van der Waals surface area contributed by atoms with E-state index < -0.39 is 21.9 Å². The molecule has 2 heterocycles. The van der Waals surface area contributed by atoms with Gasteiger partial charge >= 0.3 is 5.97 Å². The Kier molecular flexibility index (Phi) is 3.45. The van der Waals surface area contributed by atoms with Gasteiger partial charge in [0.2, 0.25) is 10.0 Å². The number of aliphatic carboxylic acids is 1. The predicted molar refractivity (Wildman–Crippen MR) is 79.4 cm³/mol. The Labute approximate surface area is 129 Å². The molecule has 1 aromatic carbocycles. The van der Waals surface area contributed by atoms with Crippen molar-refractivity contribution in [3.8, 4) is 5.75 Å². The maximum Gasteiger partial charge on any atom is 0.307 e. The molecular formula is C15H19NO5S. The van der Waals surface area contributed by atoms with Crippen molar-refractivity contribution >= 4 is 16.0 Å². The quantitative estimate of drug-likeness (QED) is 0.910. The SMILES string of the molecule is CC1(C)Cc2cc(S(=O)(=O)N3CCC(C(=O)O)C3)ccc2O1. The Morgan fingerprint density at radius 3 is 2.77 bits per heavy atom. The molecule has 0 aromatic heterocycles. The minimum Gasteiger partial charge on any atom is -0.487 e. The number of carboxylic acids is 1. The minimum atomic E-state index is -3.65. The number of ether oxygens (including phenoxy) is 1. The van der Waals surface area contributed by atoms with Crippen molar-refractivity contribution in [2.75, 3.05) is 13.1 Å². The van der Waals surface area contributed by atoms with E-state index in [1.54, 1.807) is 12.1 Å². The van der Waals surface area contributed by atoms with Crippen molar-refractivity contribution in [2.45, 2.75) is 37.2 Å². The van der Waals surface area contributed by atoms with Crippen molar-refractivity contribution in [3.63, 3.8) is 0 Å². The Morgan fingerprint density at radius 2 is 2.14 bits per heavy atom. The van der Waals surface area contributed by atoms with Crippen LogP contribution in [-0.2, 0) is 21.2 Å². The average molecular weight is 325 g/mol. The van der Waals surface area contributed by atoms with Crippen molar-refractivity contribution in [1.29, 1.82) is 0 Å². The van der Waals surface area contributed by atoms with E-state index >= 15 is 0 Å². The molecule has 6 nitrogen and oxygen atoms in total. The zero-order valence-electron chi connectivity index (χ0n) is 12.6. The molecule has 0 aliphatic carbocycles. The van der Waals surface area contributed by atoms with Gasteiger partial charge in [-0.2, -0.15) is 4.31 Å². The first kappa shape index (κ1) is 15.3. The van der Waals surface area contributed by atoms with E-state index in [0.29, 0.717) is 18.6 Å². The zero-order valence-corrected chi connectivity index (χ0v) is 13.4. The second-order valence-corrected chi connectivity index (χ2v) is 8.43. The summed E-state index contributed by atoms with van der Waals surface area (Å²) in [6, 6.07) is 4.86. The number of benzene rings is 1. The van der Waals surface area contributed by atoms with Gasteiger partial charge in [-0.25, -0.2) is 8.42 Å². The largest absolute Gasteiger partial charge is 0.487 e. The monoisotopic (exact) mass is 325 g/mol. The molecule has 3 rings (SSSR count). The second kappa shape index (κ2) is 4.96. The van der Waals surface area contributed by atoms with Gasteiger partial charge in [0.1, 0.15) is 11.4 Å². The first-order valence-electron chi connectivity index (χ1n) is 7.24. The molecule has 1 N–H and O–H groups in total. The number of sulfonamides is 1. The number of fused-ring (bicyclic) bond motifs is 1. The maximum absolute atomic E-state index is 12.7. The van der Waals surface area contributed by atoms with Crippen LogP contribution in [0, 0.1) is 5.92 Å². The van der Waals surface area contributed by atoms with Gasteiger partial charge in [0.15, 0.2) is 0 Å². The van der Waals surface area contributed by atoms with E-state index in [2.05, 4.69) is 0 Å². The maximum atomic E-state index is 12.7. The fraction of sp³-hybridized carbons (Fsp3) is 0.533. The van der Waals surface area contributed by atoms with Crippen LogP contribution in [0.1, 0.15) is 25.8 Å². The zero-order chi connectivity index (χ0) is 16.1. The summed E-state index contributed by atoms with van der Waals surface area (Å²) in [4.78, 5) is 11.2. The topological polar surface area (TPSA) is 83.9 Å². The van der Waals surface area contributed by atoms with Crippen LogP contribution in [-0.4, -0.2) is 42.5 Å². The molecule has 120 valence electrons. The van der Waals surface area contributed by atoms with Gasteiger partial charge in [0.25, 0.3) is 0 Å². The first-order valence-corrected chi connectivity index (χ1v) is 8.68. The van der Waals surface area contributed by atoms with Crippen molar-refractivity contribution in [3.05, 3.63) is 23.8 Å². The van der Waals surface area contributed by atoms with E-state index in [-0.39, 0.29) is 23.6 Å². The summed E-state index contributed by atoms with van der Waals surface area (Å²) in [6.07, 6.45) is 1.01. The summed E-state index contributed by atoms with van der Waals surface area (Å²) in [7, 11) is -3.65. The Morgan fingerprint density at radius 1 is 1.41 bits per heavy atom. The highest BCUT2D eigenvalue weighted by atomic mass is 32.2. The van der Waals surface area contributed by atoms with E-state index in [9.17, 15) is 13.2 Å². The Balaban J connectivity index is 1.87. The summed E-state index contributed by atoms with van der Waals surface area (Å²) in [5.41, 5.74) is 0.548. The number of hydrogen-bond acceptors (Lipinski definition) is 4. The molecule has 22 heavy (non-hydrogen) atoms. The Hall–Kier alpha value is -1.60. The lowest BCUT2D eigenvalue weighted by Crippen LogP contribution is -2.30. The molecular weight excluding hydrogens is 306 g/mol. The Bertz CT molecular complexity index is 725. The van der Waals surface area contributed by atoms with Gasteiger partial charge in [-0.1, -0.05) is 0 Å². The molecule has 1 saturated heterocycles. The lowest BCUT2D eigenvalue weighted by Gasteiger charge is -2.16. The van der Waals surface area contributed by atoms with Crippen molar-refractivity contribution in [1.82, 2.24) is 4.31 Å². The molecule has 0 saturated carbocycles. The van der Waals surface area contributed by atoms with Crippen molar-refractivity contribution < 1.29 is 23.1 Å². The second-order valence-electron chi connectivity index (χ2n) is 6.49. The average Bonchev–Trinajstić information content (AvgIpc) is 3.00. The minimum absolute atomic E-state index is 0.0384. The van der Waals surface area contributed by atoms with Crippen LogP contribution in [0.2, 0.25) is 0 Å². The fourth-order valence-electron chi connectivity index (χ4n) is 3.04. The van der Waals surface area contributed by atoms with E-state index in [0.717, 1.165) is 5.56 Å². The summed E-state index contributed by atoms with van der Waals surface area (Å²) in [6.45, 7) is 4.20. The summed E-state index contributed by atoms with van der Waals surface area (Å²) < 4.78 is 32.3. The smallest absolute Gasteiger partial charge is 0.307 e. The number of rotatable bonds is 3. The molecule has 1 aromatic rings. The van der Waals surface area contributed by atoms with Gasteiger partial charge in [0.05, 0.1) is 10.8 Å². The number of nitrogens with zero attached hydrogens (tertiary/aromatic N) is 1. The summed E-state index contributed by atoms with van der Waals surface area (Å²) >= 11 is 0. The molecule has 1 unspecified atom stereocenters. The lowest BCUT2D eigenvalue weighted by molar-refractivity contribution is -0.141. The number of carbonyl (C=O) groups is 1. The highest BCUT2D eigenvalue weighted by Crippen LogP contribution is 2.37. The van der Waals surface area contributed by atoms with Crippen LogP contribution < -0.4 is 4.74 Å².